The van der Waals surface area contributed by atoms with Crippen molar-refractivity contribution in [1.82, 2.24) is 10.2 Å². The Kier molecular flexibility index (Phi) is 8.87. The minimum absolute atomic E-state index is 0.00530. The summed E-state index contributed by atoms with van der Waals surface area (Å²) < 4.78 is 26.8. The van der Waals surface area contributed by atoms with Crippen molar-refractivity contribution in [2.75, 3.05) is 17.1 Å². The standard InChI is InChI=1S/C26H29Cl2N3O4S/c1-17(2)29-26(33)18(3)30(15-20-12-13-21(27)14-23(20)28)25(32)16-31(36(4,34)35)24-11-7-9-19-8-5-6-10-22(19)24/h5-14,17-18H,15-16H2,1-4H3,(H,29,33). The first-order valence-electron chi connectivity index (χ1n) is 11.4. The van der Waals surface area contributed by atoms with Crippen LogP contribution in [0.5, 0.6) is 0 Å². The molecule has 0 heterocycles. The number of sulfonamides is 1. The number of carbonyl (C=O) groups is 2. The van der Waals surface area contributed by atoms with E-state index in [1.54, 1.807) is 49.4 Å². The number of carbonyl (C=O) groups excluding carboxylic acids is 2. The summed E-state index contributed by atoms with van der Waals surface area (Å²) in [5, 5.41) is 5.11. The molecule has 0 aromatic heterocycles. The zero-order valence-electron chi connectivity index (χ0n) is 20.5. The fraction of sp³-hybridized carbons (Fsp3) is 0.308. The molecular weight excluding hydrogens is 521 g/mol. The van der Waals surface area contributed by atoms with Gasteiger partial charge in [-0.2, -0.15) is 0 Å². The van der Waals surface area contributed by atoms with Gasteiger partial charge in [-0.05, 0) is 49.9 Å². The van der Waals surface area contributed by atoms with E-state index < -0.39 is 28.5 Å². The van der Waals surface area contributed by atoms with Gasteiger partial charge in [-0.25, -0.2) is 8.42 Å². The number of rotatable bonds is 9. The van der Waals surface area contributed by atoms with E-state index in [4.69, 9.17) is 23.2 Å². The molecule has 1 atom stereocenters. The average molecular weight is 551 g/mol. The van der Waals surface area contributed by atoms with Gasteiger partial charge in [-0.15, -0.1) is 0 Å². The van der Waals surface area contributed by atoms with Gasteiger partial charge in [0.25, 0.3) is 0 Å². The molecule has 0 bridgehead atoms. The number of benzene rings is 3. The van der Waals surface area contributed by atoms with Gasteiger partial charge in [0.1, 0.15) is 12.6 Å². The highest BCUT2D eigenvalue weighted by molar-refractivity contribution is 7.92. The first kappa shape index (κ1) is 27.8. The Bertz CT molecular complexity index is 1370. The van der Waals surface area contributed by atoms with E-state index in [-0.39, 0.29) is 18.5 Å². The van der Waals surface area contributed by atoms with Crippen LogP contribution in [0.3, 0.4) is 0 Å². The van der Waals surface area contributed by atoms with Crippen molar-refractivity contribution in [3.8, 4) is 0 Å². The van der Waals surface area contributed by atoms with Gasteiger partial charge >= 0.3 is 0 Å². The molecule has 0 saturated heterocycles. The zero-order chi connectivity index (χ0) is 26.6. The molecule has 1 N–H and O–H groups in total. The topological polar surface area (TPSA) is 86.8 Å². The maximum Gasteiger partial charge on any atom is 0.244 e. The van der Waals surface area contributed by atoms with Crippen molar-refractivity contribution >= 4 is 61.5 Å². The molecule has 7 nitrogen and oxygen atoms in total. The van der Waals surface area contributed by atoms with Crippen molar-refractivity contribution in [2.24, 2.45) is 0 Å². The minimum Gasteiger partial charge on any atom is -0.352 e. The monoisotopic (exact) mass is 549 g/mol. The first-order chi connectivity index (χ1) is 16.9. The fourth-order valence-corrected chi connectivity index (χ4v) is 5.17. The average Bonchev–Trinajstić information content (AvgIpc) is 2.80. The second-order valence-electron chi connectivity index (χ2n) is 8.86. The summed E-state index contributed by atoms with van der Waals surface area (Å²) >= 11 is 12.4. The normalized spacial score (nSPS) is 12.4. The Labute approximate surface area is 222 Å². The maximum absolute atomic E-state index is 13.7. The van der Waals surface area contributed by atoms with Crippen LogP contribution in [-0.4, -0.2) is 50.0 Å². The van der Waals surface area contributed by atoms with E-state index in [1.165, 1.54) is 4.90 Å². The van der Waals surface area contributed by atoms with Crippen LogP contribution in [0.4, 0.5) is 5.69 Å². The van der Waals surface area contributed by atoms with Crippen LogP contribution in [0.25, 0.3) is 10.8 Å². The number of hydrogen-bond donors (Lipinski definition) is 1. The number of nitrogens with one attached hydrogen (secondary N) is 1. The van der Waals surface area contributed by atoms with Crippen LogP contribution < -0.4 is 9.62 Å². The van der Waals surface area contributed by atoms with Gasteiger partial charge in [0.2, 0.25) is 21.8 Å². The smallest absolute Gasteiger partial charge is 0.244 e. The Hall–Kier alpha value is -2.81. The molecule has 3 aromatic carbocycles. The summed E-state index contributed by atoms with van der Waals surface area (Å²) in [5.74, 6) is -0.912. The van der Waals surface area contributed by atoms with Crippen LogP contribution in [-0.2, 0) is 26.2 Å². The molecule has 0 radical (unpaired) electrons. The Morgan fingerprint density at radius 2 is 1.64 bits per heavy atom. The molecule has 0 fully saturated rings. The maximum atomic E-state index is 13.7. The van der Waals surface area contributed by atoms with Crippen LogP contribution in [0.1, 0.15) is 26.3 Å². The van der Waals surface area contributed by atoms with Crippen molar-refractivity contribution in [3.05, 3.63) is 76.3 Å². The van der Waals surface area contributed by atoms with E-state index in [9.17, 15) is 18.0 Å². The van der Waals surface area contributed by atoms with Gasteiger partial charge in [0.15, 0.2) is 0 Å². The lowest BCUT2D eigenvalue weighted by Gasteiger charge is -2.32. The van der Waals surface area contributed by atoms with Gasteiger partial charge < -0.3 is 10.2 Å². The highest BCUT2D eigenvalue weighted by Crippen LogP contribution is 2.29. The number of hydrogen-bond acceptors (Lipinski definition) is 4. The highest BCUT2D eigenvalue weighted by Gasteiger charge is 2.31. The first-order valence-corrected chi connectivity index (χ1v) is 14.0. The fourth-order valence-electron chi connectivity index (χ4n) is 3.84. The quantitative estimate of drug-likeness (QED) is 0.413. The van der Waals surface area contributed by atoms with E-state index in [0.717, 1.165) is 15.9 Å². The molecule has 3 aromatic rings. The summed E-state index contributed by atoms with van der Waals surface area (Å²) in [4.78, 5) is 27.9. The SMILES string of the molecule is CC(C)NC(=O)C(C)N(Cc1ccc(Cl)cc1Cl)C(=O)CN(c1cccc2ccccc12)S(C)(=O)=O. The van der Waals surface area contributed by atoms with E-state index in [0.29, 0.717) is 26.7 Å². The number of amides is 2. The largest absolute Gasteiger partial charge is 0.352 e. The minimum atomic E-state index is -3.85. The van der Waals surface area contributed by atoms with Crippen LogP contribution in [0.15, 0.2) is 60.7 Å². The summed E-state index contributed by atoms with van der Waals surface area (Å²) in [6.45, 7) is 4.74. The van der Waals surface area contributed by atoms with E-state index in [2.05, 4.69) is 5.32 Å². The third-order valence-corrected chi connectivity index (χ3v) is 7.38. The van der Waals surface area contributed by atoms with Crippen LogP contribution >= 0.6 is 23.2 Å². The third-order valence-electron chi connectivity index (χ3n) is 5.67. The Balaban J connectivity index is 2.02. The van der Waals surface area contributed by atoms with Gasteiger partial charge in [-0.1, -0.05) is 65.7 Å². The molecule has 10 heteroatoms. The lowest BCUT2D eigenvalue weighted by molar-refractivity contribution is -0.139. The lowest BCUT2D eigenvalue weighted by Crippen LogP contribution is -2.52. The molecule has 0 aliphatic rings. The number of fused-ring (bicyclic) bond motifs is 1. The van der Waals surface area contributed by atoms with Crippen molar-refractivity contribution in [3.63, 3.8) is 0 Å². The van der Waals surface area contributed by atoms with Gasteiger partial charge in [0, 0.05) is 28.0 Å². The van der Waals surface area contributed by atoms with Gasteiger partial charge in [0.05, 0.1) is 11.9 Å². The molecule has 2 amide bonds. The lowest BCUT2D eigenvalue weighted by atomic mass is 10.1. The molecule has 0 spiro atoms. The summed E-state index contributed by atoms with van der Waals surface area (Å²) in [6, 6.07) is 16.4. The molecule has 1 unspecified atom stereocenters. The van der Waals surface area contributed by atoms with Crippen molar-refractivity contribution < 1.29 is 18.0 Å². The predicted molar refractivity (Wildman–Crippen MR) is 146 cm³/mol. The van der Waals surface area contributed by atoms with Crippen molar-refractivity contribution in [2.45, 2.75) is 39.4 Å². The Morgan fingerprint density at radius 3 is 2.28 bits per heavy atom. The molecule has 3 rings (SSSR count). The van der Waals surface area contributed by atoms with E-state index in [1.807, 2.05) is 32.0 Å². The Morgan fingerprint density at radius 1 is 0.972 bits per heavy atom. The molecular formula is C26H29Cl2N3O4S. The number of nitrogens with zero attached hydrogens (tertiary/aromatic N) is 2. The van der Waals surface area contributed by atoms with Crippen LogP contribution in [0, 0.1) is 0 Å². The molecule has 192 valence electrons. The zero-order valence-corrected chi connectivity index (χ0v) is 22.9. The summed E-state index contributed by atoms with van der Waals surface area (Å²) in [5.41, 5.74) is 0.961. The molecule has 36 heavy (non-hydrogen) atoms. The van der Waals surface area contributed by atoms with Crippen molar-refractivity contribution in [1.29, 1.82) is 0 Å². The van der Waals surface area contributed by atoms with Gasteiger partial charge in [-0.3, -0.25) is 13.9 Å². The molecule has 0 aliphatic carbocycles. The third kappa shape index (κ3) is 6.69. The second-order valence-corrected chi connectivity index (χ2v) is 11.6. The van der Waals surface area contributed by atoms with E-state index >= 15 is 0 Å². The number of halogens is 2. The molecule has 0 aliphatic heterocycles. The summed E-state index contributed by atoms with van der Waals surface area (Å²) in [6.07, 6.45) is 1.05. The number of anilines is 1. The van der Waals surface area contributed by atoms with Crippen LogP contribution in [0.2, 0.25) is 10.0 Å². The predicted octanol–water partition coefficient (Wildman–Crippen LogP) is 4.85. The second kappa shape index (κ2) is 11.5. The summed E-state index contributed by atoms with van der Waals surface area (Å²) in [7, 11) is -3.85. The highest BCUT2D eigenvalue weighted by atomic mass is 35.5. The molecule has 0 saturated carbocycles.